The lowest BCUT2D eigenvalue weighted by molar-refractivity contribution is -0.118. The Morgan fingerprint density at radius 3 is 2.46 bits per heavy atom. The Morgan fingerprint density at radius 1 is 1.14 bits per heavy atom. The number of pyridine rings is 1. The minimum atomic E-state index is -0.0749. The number of hydrogen-bond acceptors (Lipinski definition) is 4. The Morgan fingerprint density at radius 2 is 1.83 bits per heavy atom. The molecule has 2 aliphatic rings. The van der Waals surface area contributed by atoms with Crippen molar-refractivity contribution in [2.75, 3.05) is 5.32 Å². The van der Waals surface area contributed by atoms with E-state index in [9.17, 15) is 4.79 Å². The van der Waals surface area contributed by atoms with E-state index in [1.807, 2.05) is 30.5 Å². The summed E-state index contributed by atoms with van der Waals surface area (Å²) in [5.41, 5.74) is 10.1. The standard InChI is InChI=1S/C27H32N4O.CH3NO/c1-16-4-6-19(7-5-16)23-14-24-25(15-28-23)31-26(30-24)20-8-10-21(11-9-20)29-27(32)22-13-17(2)12-18(22)3;2-1-3/h8-11,14-17,19,22H,3-7,12-13H2,1-2H3,(H,29,32)(H,30,31);1H,(H2,2,3). The molecule has 2 heterocycles. The monoisotopic (exact) mass is 473 g/mol. The van der Waals surface area contributed by atoms with Crippen molar-refractivity contribution in [2.45, 2.75) is 58.3 Å². The first-order chi connectivity index (χ1) is 16.9. The highest BCUT2D eigenvalue weighted by molar-refractivity contribution is 5.94. The van der Waals surface area contributed by atoms with Gasteiger partial charge >= 0.3 is 0 Å². The number of aromatic amines is 1. The normalized spacial score (nSPS) is 24.0. The SMILES string of the molecule is C=C1CC(C)CC1C(=O)Nc1ccc(-c2nc3cc(C4CCC(C)CC4)ncc3[nH]2)cc1.NC=O. The number of aromatic nitrogens is 3. The summed E-state index contributed by atoms with van der Waals surface area (Å²) < 4.78 is 0. The van der Waals surface area contributed by atoms with E-state index in [0.717, 1.165) is 52.4 Å². The largest absolute Gasteiger partial charge is 0.372 e. The molecule has 2 atom stereocenters. The van der Waals surface area contributed by atoms with Crippen LogP contribution >= 0.6 is 0 Å². The van der Waals surface area contributed by atoms with Crippen molar-refractivity contribution in [2.24, 2.45) is 23.5 Å². The van der Waals surface area contributed by atoms with Crippen molar-refractivity contribution in [1.82, 2.24) is 15.0 Å². The van der Waals surface area contributed by atoms with Crippen molar-refractivity contribution < 1.29 is 9.59 Å². The number of benzene rings is 1. The molecule has 35 heavy (non-hydrogen) atoms. The fourth-order valence-corrected chi connectivity index (χ4v) is 5.32. The molecular formula is C28H35N5O2. The molecule has 2 saturated carbocycles. The van der Waals surface area contributed by atoms with Gasteiger partial charge in [0.25, 0.3) is 0 Å². The maximum Gasteiger partial charge on any atom is 0.231 e. The topological polar surface area (TPSA) is 114 Å². The van der Waals surface area contributed by atoms with E-state index in [-0.39, 0.29) is 18.2 Å². The number of carbonyl (C=O) groups excluding carboxylic acids is 2. The molecule has 2 unspecified atom stereocenters. The minimum absolute atomic E-state index is 0.0477. The van der Waals surface area contributed by atoms with Crippen LogP contribution in [-0.4, -0.2) is 27.3 Å². The molecule has 1 aromatic carbocycles. The Balaban J connectivity index is 0.000000917. The molecule has 5 rings (SSSR count). The van der Waals surface area contributed by atoms with Crippen LogP contribution in [0.5, 0.6) is 0 Å². The number of nitrogens with one attached hydrogen (secondary N) is 2. The van der Waals surface area contributed by atoms with E-state index >= 15 is 0 Å². The van der Waals surface area contributed by atoms with Crippen LogP contribution in [-0.2, 0) is 9.59 Å². The first-order valence-corrected chi connectivity index (χ1v) is 12.5. The Hall–Kier alpha value is -3.48. The number of rotatable bonds is 4. The molecule has 2 aliphatic carbocycles. The average Bonchev–Trinajstić information content (AvgIpc) is 3.42. The second kappa shape index (κ2) is 10.8. The summed E-state index contributed by atoms with van der Waals surface area (Å²) in [6.07, 6.45) is 9.01. The Labute approximate surface area is 206 Å². The van der Waals surface area contributed by atoms with Gasteiger partial charge in [-0.15, -0.1) is 0 Å². The predicted molar refractivity (Wildman–Crippen MR) is 140 cm³/mol. The first kappa shape index (κ1) is 24.6. The predicted octanol–water partition coefficient (Wildman–Crippen LogP) is 5.56. The summed E-state index contributed by atoms with van der Waals surface area (Å²) in [7, 11) is 0. The fraction of sp³-hybridized carbons (Fsp3) is 0.429. The van der Waals surface area contributed by atoms with Crippen molar-refractivity contribution in [3.63, 3.8) is 0 Å². The number of primary amides is 1. The molecule has 3 aromatic rings. The van der Waals surface area contributed by atoms with Gasteiger partial charge in [0.2, 0.25) is 12.3 Å². The average molecular weight is 474 g/mol. The summed E-state index contributed by atoms with van der Waals surface area (Å²) in [6.45, 7) is 8.60. The van der Waals surface area contributed by atoms with Gasteiger partial charge in [0.1, 0.15) is 5.82 Å². The van der Waals surface area contributed by atoms with E-state index < -0.39 is 0 Å². The van der Waals surface area contributed by atoms with Gasteiger partial charge in [-0.05, 0) is 67.9 Å². The number of hydrogen-bond donors (Lipinski definition) is 3. The van der Waals surface area contributed by atoms with Gasteiger partial charge in [-0.25, -0.2) is 4.98 Å². The third kappa shape index (κ3) is 5.78. The van der Waals surface area contributed by atoms with E-state index in [0.29, 0.717) is 11.8 Å². The lowest BCUT2D eigenvalue weighted by Gasteiger charge is -2.25. The number of H-pyrrole nitrogens is 1. The van der Waals surface area contributed by atoms with Crippen molar-refractivity contribution >= 4 is 29.0 Å². The molecule has 7 nitrogen and oxygen atoms in total. The van der Waals surface area contributed by atoms with Gasteiger partial charge in [0.05, 0.1) is 23.1 Å². The summed E-state index contributed by atoms with van der Waals surface area (Å²) in [4.78, 5) is 34.2. The van der Waals surface area contributed by atoms with E-state index in [1.165, 1.54) is 31.4 Å². The van der Waals surface area contributed by atoms with Gasteiger partial charge < -0.3 is 16.0 Å². The van der Waals surface area contributed by atoms with Crippen LogP contribution < -0.4 is 11.1 Å². The molecular weight excluding hydrogens is 438 g/mol. The third-order valence-corrected chi connectivity index (χ3v) is 7.31. The van der Waals surface area contributed by atoms with Crippen LogP contribution in [0.15, 0.2) is 48.7 Å². The number of nitrogens with zero attached hydrogens (tertiary/aromatic N) is 2. The zero-order chi connectivity index (χ0) is 24.9. The summed E-state index contributed by atoms with van der Waals surface area (Å²) in [5, 5.41) is 3.05. The molecule has 0 saturated heterocycles. The third-order valence-electron chi connectivity index (χ3n) is 7.31. The first-order valence-electron chi connectivity index (χ1n) is 12.5. The summed E-state index contributed by atoms with van der Waals surface area (Å²) in [5.74, 6) is 2.72. The van der Waals surface area contributed by atoms with Crippen molar-refractivity contribution in [3.05, 3.63) is 54.4 Å². The second-order valence-corrected chi connectivity index (χ2v) is 10.1. The summed E-state index contributed by atoms with van der Waals surface area (Å²) in [6, 6.07) is 10.0. The molecule has 0 spiro atoms. The van der Waals surface area contributed by atoms with Crippen molar-refractivity contribution in [3.8, 4) is 11.4 Å². The van der Waals surface area contributed by atoms with Crippen LogP contribution in [0.2, 0.25) is 0 Å². The summed E-state index contributed by atoms with van der Waals surface area (Å²) >= 11 is 0. The van der Waals surface area contributed by atoms with Gasteiger partial charge in [0.15, 0.2) is 0 Å². The highest BCUT2D eigenvalue weighted by Gasteiger charge is 2.30. The molecule has 2 fully saturated rings. The lowest BCUT2D eigenvalue weighted by atomic mass is 9.81. The molecule has 184 valence electrons. The number of fused-ring (bicyclic) bond motifs is 1. The molecule has 0 radical (unpaired) electrons. The zero-order valence-electron chi connectivity index (χ0n) is 20.6. The number of carbonyl (C=O) groups is 2. The van der Waals surface area contributed by atoms with E-state index in [4.69, 9.17) is 14.8 Å². The molecule has 4 N–H and O–H groups in total. The second-order valence-electron chi connectivity index (χ2n) is 10.1. The quantitative estimate of drug-likeness (QED) is 0.340. The number of nitrogens with two attached hydrogens (primary N) is 1. The van der Waals surface area contributed by atoms with Gasteiger partial charge in [-0.1, -0.05) is 38.8 Å². The Bertz CT molecular complexity index is 1190. The highest BCUT2D eigenvalue weighted by Crippen LogP contribution is 2.36. The smallest absolute Gasteiger partial charge is 0.231 e. The highest BCUT2D eigenvalue weighted by atomic mass is 16.2. The Kier molecular flexibility index (Phi) is 7.63. The molecule has 0 aliphatic heterocycles. The van der Waals surface area contributed by atoms with Crippen LogP contribution in [0.25, 0.3) is 22.4 Å². The van der Waals surface area contributed by atoms with E-state index in [1.54, 1.807) is 0 Å². The minimum Gasteiger partial charge on any atom is -0.372 e. The molecule has 7 heteroatoms. The zero-order valence-corrected chi connectivity index (χ0v) is 20.6. The van der Waals surface area contributed by atoms with E-state index in [2.05, 4.69) is 42.5 Å². The van der Waals surface area contributed by atoms with Gasteiger partial charge in [-0.3, -0.25) is 14.6 Å². The number of anilines is 1. The number of amides is 2. The van der Waals surface area contributed by atoms with Crippen LogP contribution in [0.3, 0.4) is 0 Å². The van der Waals surface area contributed by atoms with Crippen LogP contribution in [0.4, 0.5) is 5.69 Å². The maximum absolute atomic E-state index is 12.6. The fourth-order valence-electron chi connectivity index (χ4n) is 5.32. The van der Waals surface area contributed by atoms with Crippen LogP contribution in [0.1, 0.15) is 64.0 Å². The molecule has 0 bridgehead atoms. The molecule has 2 aromatic heterocycles. The van der Waals surface area contributed by atoms with Crippen molar-refractivity contribution in [1.29, 1.82) is 0 Å². The van der Waals surface area contributed by atoms with Gasteiger partial charge in [0, 0.05) is 22.9 Å². The van der Waals surface area contributed by atoms with Crippen LogP contribution in [0, 0.1) is 17.8 Å². The maximum atomic E-state index is 12.6. The van der Waals surface area contributed by atoms with Gasteiger partial charge in [-0.2, -0.15) is 0 Å². The lowest BCUT2D eigenvalue weighted by Crippen LogP contribution is -2.21. The molecule has 2 amide bonds. The number of imidazole rings is 1.